The van der Waals surface area contributed by atoms with Crippen LogP contribution in [0.3, 0.4) is 0 Å². The maximum Gasteiger partial charge on any atom is 0.305 e. The number of carboxylic acid groups (broad SMARTS) is 1. The first-order chi connectivity index (χ1) is 9.60. The third kappa shape index (κ3) is 2.82. The number of hydrogen-bond donors (Lipinski definition) is 1. The van der Waals surface area contributed by atoms with E-state index >= 15 is 0 Å². The number of ether oxygens (including phenoxy) is 1. The standard InChI is InChI=1S/C15H23NO4/c1-20-12-6-11(7-13(17)18)16(8-12)15(19)14(9-2-3-9)10-4-5-10/h9-12,14H,2-8H2,1H3,(H,17,18). The monoisotopic (exact) mass is 281 g/mol. The van der Waals surface area contributed by atoms with E-state index in [1.165, 1.54) is 0 Å². The number of amides is 1. The summed E-state index contributed by atoms with van der Waals surface area (Å²) < 4.78 is 5.35. The molecule has 1 N–H and O–H groups in total. The van der Waals surface area contributed by atoms with Gasteiger partial charge in [0.2, 0.25) is 5.91 Å². The van der Waals surface area contributed by atoms with Gasteiger partial charge in [-0.3, -0.25) is 9.59 Å². The van der Waals surface area contributed by atoms with Crippen LogP contribution in [0.4, 0.5) is 0 Å². The Labute approximate surface area is 119 Å². The zero-order chi connectivity index (χ0) is 14.3. The second-order valence-electron chi connectivity index (χ2n) is 6.54. The Morgan fingerprint density at radius 1 is 1.25 bits per heavy atom. The first-order valence-electron chi connectivity index (χ1n) is 7.65. The van der Waals surface area contributed by atoms with Crippen molar-refractivity contribution in [1.82, 2.24) is 4.90 Å². The third-order valence-electron chi connectivity index (χ3n) is 4.95. The molecule has 3 rings (SSSR count). The molecule has 112 valence electrons. The Hall–Kier alpha value is -1.10. The van der Waals surface area contributed by atoms with Crippen LogP contribution in [-0.2, 0) is 14.3 Å². The maximum atomic E-state index is 12.8. The summed E-state index contributed by atoms with van der Waals surface area (Å²) >= 11 is 0. The lowest BCUT2D eigenvalue weighted by Crippen LogP contribution is -2.42. The zero-order valence-electron chi connectivity index (χ0n) is 12.0. The Kier molecular flexibility index (Phi) is 3.71. The number of carboxylic acids is 1. The van der Waals surface area contributed by atoms with Gasteiger partial charge in [-0.05, 0) is 43.9 Å². The van der Waals surface area contributed by atoms with Crippen molar-refractivity contribution in [3.63, 3.8) is 0 Å². The molecule has 2 unspecified atom stereocenters. The van der Waals surface area contributed by atoms with Crippen molar-refractivity contribution in [3.05, 3.63) is 0 Å². The lowest BCUT2D eigenvalue weighted by molar-refractivity contribution is -0.142. The third-order valence-corrected chi connectivity index (χ3v) is 4.95. The fourth-order valence-corrected chi connectivity index (χ4v) is 3.60. The summed E-state index contributed by atoms with van der Waals surface area (Å²) in [5.41, 5.74) is 0. The minimum atomic E-state index is -0.834. The van der Waals surface area contributed by atoms with Gasteiger partial charge in [-0.25, -0.2) is 0 Å². The van der Waals surface area contributed by atoms with E-state index in [0.717, 1.165) is 25.7 Å². The number of aliphatic carboxylic acids is 1. The number of carbonyl (C=O) groups is 2. The van der Waals surface area contributed by atoms with E-state index in [-0.39, 0.29) is 30.4 Å². The second-order valence-corrected chi connectivity index (χ2v) is 6.54. The highest BCUT2D eigenvalue weighted by Gasteiger charge is 2.49. The molecule has 0 aromatic rings. The molecule has 3 aliphatic rings. The van der Waals surface area contributed by atoms with E-state index in [9.17, 15) is 9.59 Å². The fraction of sp³-hybridized carbons (Fsp3) is 0.867. The second kappa shape index (κ2) is 5.35. The van der Waals surface area contributed by atoms with Gasteiger partial charge in [-0.15, -0.1) is 0 Å². The molecule has 0 aromatic carbocycles. The van der Waals surface area contributed by atoms with Gasteiger partial charge >= 0.3 is 5.97 Å². The first kappa shape index (κ1) is 13.9. The van der Waals surface area contributed by atoms with E-state index in [2.05, 4.69) is 0 Å². The normalized spacial score (nSPS) is 30.0. The Morgan fingerprint density at radius 3 is 2.30 bits per heavy atom. The van der Waals surface area contributed by atoms with E-state index in [4.69, 9.17) is 9.84 Å². The van der Waals surface area contributed by atoms with Gasteiger partial charge in [0.1, 0.15) is 0 Å². The molecule has 2 saturated carbocycles. The lowest BCUT2D eigenvalue weighted by Gasteiger charge is -2.28. The summed E-state index contributed by atoms with van der Waals surface area (Å²) in [6.07, 6.45) is 5.33. The average molecular weight is 281 g/mol. The average Bonchev–Trinajstić information content (AvgIpc) is 3.30. The first-order valence-corrected chi connectivity index (χ1v) is 7.65. The highest BCUT2D eigenvalue weighted by molar-refractivity contribution is 5.81. The van der Waals surface area contributed by atoms with Crippen molar-refractivity contribution in [2.24, 2.45) is 17.8 Å². The van der Waals surface area contributed by atoms with Gasteiger partial charge in [-0.2, -0.15) is 0 Å². The van der Waals surface area contributed by atoms with Crippen LogP contribution in [0.1, 0.15) is 38.5 Å². The number of rotatable bonds is 6. The number of methoxy groups -OCH3 is 1. The Bertz CT molecular complexity index is 391. The molecule has 1 heterocycles. The van der Waals surface area contributed by atoms with Crippen LogP contribution < -0.4 is 0 Å². The molecular weight excluding hydrogens is 258 g/mol. The Balaban J connectivity index is 1.71. The summed E-state index contributed by atoms with van der Waals surface area (Å²) in [5.74, 6) is 0.630. The smallest absolute Gasteiger partial charge is 0.305 e. The molecule has 5 heteroatoms. The molecule has 20 heavy (non-hydrogen) atoms. The topological polar surface area (TPSA) is 66.8 Å². The highest BCUT2D eigenvalue weighted by Crippen LogP contribution is 2.50. The largest absolute Gasteiger partial charge is 0.481 e. The highest BCUT2D eigenvalue weighted by atomic mass is 16.5. The van der Waals surface area contributed by atoms with Gasteiger partial charge in [0.15, 0.2) is 0 Å². The summed E-state index contributed by atoms with van der Waals surface area (Å²) in [4.78, 5) is 25.7. The number of carbonyl (C=O) groups excluding carboxylic acids is 1. The van der Waals surface area contributed by atoms with Crippen molar-refractivity contribution >= 4 is 11.9 Å². The van der Waals surface area contributed by atoms with Crippen molar-refractivity contribution in [3.8, 4) is 0 Å². The van der Waals surface area contributed by atoms with E-state index in [0.29, 0.717) is 24.8 Å². The van der Waals surface area contributed by atoms with Gasteiger partial charge in [0.05, 0.1) is 12.5 Å². The molecule has 0 radical (unpaired) electrons. The molecule has 0 aromatic heterocycles. The fourth-order valence-electron chi connectivity index (χ4n) is 3.60. The predicted octanol–water partition coefficient (Wildman–Crippen LogP) is 1.51. The van der Waals surface area contributed by atoms with Crippen LogP contribution >= 0.6 is 0 Å². The Morgan fingerprint density at radius 2 is 1.85 bits per heavy atom. The van der Waals surface area contributed by atoms with Crippen LogP contribution in [0.25, 0.3) is 0 Å². The van der Waals surface area contributed by atoms with Crippen LogP contribution in [0.5, 0.6) is 0 Å². The summed E-state index contributed by atoms with van der Waals surface area (Å²) in [6, 6.07) is -0.190. The molecule has 0 spiro atoms. The molecule has 2 aliphatic carbocycles. The predicted molar refractivity (Wildman–Crippen MR) is 72.1 cm³/mol. The quantitative estimate of drug-likeness (QED) is 0.801. The molecule has 5 nitrogen and oxygen atoms in total. The minimum Gasteiger partial charge on any atom is -0.481 e. The van der Waals surface area contributed by atoms with Crippen molar-refractivity contribution in [2.75, 3.05) is 13.7 Å². The SMILES string of the molecule is COC1CC(CC(=O)O)N(C(=O)C(C2CC2)C2CC2)C1. The van der Waals surface area contributed by atoms with Crippen molar-refractivity contribution in [1.29, 1.82) is 0 Å². The molecule has 1 amide bonds. The molecule has 1 saturated heterocycles. The molecule has 0 bridgehead atoms. The van der Waals surface area contributed by atoms with Crippen LogP contribution in [-0.4, -0.2) is 47.7 Å². The van der Waals surface area contributed by atoms with Gasteiger partial charge in [0.25, 0.3) is 0 Å². The van der Waals surface area contributed by atoms with Gasteiger partial charge < -0.3 is 14.7 Å². The maximum absolute atomic E-state index is 12.8. The lowest BCUT2D eigenvalue weighted by atomic mass is 9.95. The van der Waals surface area contributed by atoms with Crippen LogP contribution in [0.15, 0.2) is 0 Å². The molecular formula is C15H23NO4. The van der Waals surface area contributed by atoms with Crippen molar-refractivity contribution < 1.29 is 19.4 Å². The summed E-state index contributed by atoms with van der Waals surface area (Å²) in [6.45, 7) is 0.559. The van der Waals surface area contributed by atoms with Crippen LogP contribution in [0, 0.1) is 17.8 Å². The number of hydrogen-bond acceptors (Lipinski definition) is 3. The van der Waals surface area contributed by atoms with Gasteiger partial charge in [0, 0.05) is 25.6 Å². The van der Waals surface area contributed by atoms with E-state index < -0.39 is 5.97 Å². The number of likely N-dealkylation sites (tertiary alicyclic amines) is 1. The molecule has 1 aliphatic heterocycles. The summed E-state index contributed by atoms with van der Waals surface area (Å²) in [5, 5.41) is 9.04. The van der Waals surface area contributed by atoms with Gasteiger partial charge in [-0.1, -0.05) is 0 Å². The summed E-state index contributed by atoms with van der Waals surface area (Å²) in [7, 11) is 1.63. The zero-order valence-corrected chi connectivity index (χ0v) is 12.0. The minimum absolute atomic E-state index is 0.0117. The number of nitrogens with zero attached hydrogens (tertiary/aromatic N) is 1. The van der Waals surface area contributed by atoms with Crippen molar-refractivity contribution in [2.45, 2.75) is 50.7 Å². The van der Waals surface area contributed by atoms with E-state index in [1.54, 1.807) is 7.11 Å². The van der Waals surface area contributed by atoms with E-state index in [1.807, 2.05) is 4.90 Å². The van der Waals surface area contributed by atoms with Crippen LogP contribution in [0.2, 0.25) is 0 Å². The molecule has 2 atom stereocenters. The molecule has 3 fully saturated rings.